The number of amides is 1. The number of piperazine rings is 1. The van der Waals surface area contributed by atoms with Gasteiger partial charge in [0.05, 0.1) is 5.56 Å². The molecule has 0 N–H and O–H groups in total. The summed E-state index contributed by atoms with van der Waals surface area (Å²) in [4.78, 5) is 17.3. The third kappa shape index (κ3) is 3.62. The van der Waals surface area contributed by atoms with Crippen molar-refractivity contribution in [1.29, 1.82) is 0 Å². The monoisotopic (exact) mass is 462 g/mol. The average molecular weight is 463 g/mol. The molecule has 0 spiro atoms. The number of hydrogen-bond acceptors (Lipinski definition) is 2. The molecule has 0 bridgehead atoms. The van der Waals surface area contributed by atoms with Gasteiger partial charge in [0, 0.05) is 40.3 Å². The third-order valence-electron chi connectivity index (χ3n) is 4.60. The Morgan fingerprint density at radius 3 is 2.48 bits per heavy atom. The molecule has 21 heavy (non-hydrogen) atoms. The summed E-state index contributed by atoms with van der Waals surface area (Å²) in [7, 11) is 0. The molecule has 0 aromatic heterocycles. The Morgan fingerprint density at radius 2 is 1.81 bits per heavy atom. The van der Waals surface area contributed by atoms with Gasteiger partial charge in [-0.1, -0.05) is 12.8 Å². The van der Waals surface area contributed by atoms with Crippen molar-refractivity contribution >= 4 is 44.4 Å². The van der Waals surface area contributed by atoms with Crippen LogP contribution in [0.1, 0.15) is 36.0 Å². The van der Waals surface area contributed by atoms with E-state index in [1.165, 1.54) is 25.7 Å². The highest BCUT2D eigenvalue weighted by atomic mass is 127. The van der Waals surface area contributed by atoms with E-state index in [-0.39, 0.29) is 5.91 Å². The molecular formula is C16H20BrIN2O. The lowest BCUT2D eigenvalue weighted by Crippen LogP contribution is -2.51. The minimum atomic E-state index is 0.159. The molecule has 1 heterocycles. The van der Waals surface area contributed by atoms with Gasteiger partial charge in [0.15, 0.2) is 0 Å². The van der Waals surface area contributed by atoms with Gasteiger partial charge in [0.25, 0.3) is 5.91 Å². The summed E-state index contributed by atoms with van der Waals surface area (Å²) < 4.78 is 2.00. The van der Waals surface area contributed by atoms with Crippen LogP contribution >= 0.6 is 38.5 Å². The van der Waals surface area contributed by atoms with E-state index in [0.29, 0.717) is 0 Å². The van der Waals surface area contributed by atoms with Gasteiger partial charge in [-0.05, 0) is 69.6 Å². The number of halogens is 2. The van der Waals surface area contributed by atoms with E-state index in [9.17, 15) is 4.79 Å². The third-order valence-corrected chi connectivity index (χ3v) is 5.96. The molecular weight excluding hydrogens is 443 g/mol. The fraction of sp³-hybridized carbons (Fsp3) is 0.562. The van der Waals surface area contributed by atoms with Crippen molar-refractivity contribution in [3.8, 4) is 0 Å². The molecule has 1 aromatic rings. The van der Waals surface area contributed by atoms with Crippen LogP contribution < -0.4 is 0 Å². The maximum Gasteiger partial charge on any atom is 0.255 e. The van der Waals surface area contributed by atoms with Crippen molar-refractivity contribution in [2.45, 2.75) is 31.7 Å². The average Bonchev–Trinajstić information content (AvgIpc) is 3.03. The molecule has 0 radical (unpaired) electrons. The molecule has 1 aromatic carbocycles. The lowest BCUT2D eigenvalue weighted by molar-refractivity contribution is 0.0572. The van der Waals surface area contributed by atoms with Crippen LogP contribution in [0.5, 0.6) is 0 Å². The van der Waals surface area contributed by atoms with Gasteiger partial charge in [0.1, 0.15) is 0 Å². The predicted molar refractivity (Wildman–Crippen MR) is 96.6 cm³/mol. The predicted octanol–water partition coefficient (Wildman–Crippen LogP) is 3.75. The zero-order valence-corrected chi connectivity index (χ0v) is 15.8. The second-order valence-electron chi connectivity index (χ2n) is 5.89. The summed E-state index contributed by atoms with van der Waals surface area (Å²) >= 11 is 5.76. The van der Waals surface area contributed by atoms with Crippen LogP contribution in [-0.2, 0) is 0 Å². The molecule has 3 rings (SSSR count). The smallest absolute Gasteiger partial charge is 0.255 e. The Bertz CT molecular complexity index is 523. The summed E-state index contributed by atoms with van der Waals surface area (Å²) in [6.45, 7) is 3.76. The lowest BCUT2D eigenvalue weighted by atomic mass is 10.1. The van der Waals surface area contributed by atoms with Crippen LogP contribution in [0, 0.1) is 3.57 Å². The first-order chi connectivity index (χ1) is 10.1. The first-order valence-electron chi connectivity index (χ1n) is 7.63. The fourth-order valence-electron chi connectivity index (χ4n) is 3.39. The van der Waals surface area contributed by atoms with Crippen LogP contribution in [0.2, 0.25) is 0 Å². The van der Waals surface area contributed by atoms with Crippen LogP contribution in [-0.4, -0.2) is 47.9 Å². The molecule has 2 aliphatic rings. The highest BCUT2D eigenvalue weighted by Gasteiger charge is 2.28. The maximum absolute atomic E-state index is 12.7. The van der Waals surface area contributed by atoms with E-state index in [2.05, 4.69) is 43.4 Å². The lowest BCUT2D eigenvalue weighted by Gasteiger charge is -2.38. The summed E-state index contributed by atoms with van der Waals surface area (Å²) in [6, 6.07) is 6.71. The van der Waals surface area contributed by atoms with E-state index in [1.807, 2.05) is 23.1 Å². The number of nitrogens with zero attached hydrogens (tertiary/aromatic N) is 2. The molecule has 0 atom stereocenters. The first kappa shape index (κ1) is 15.7. The van der Waals surface area contributed by atoms with Crippen LogP contribution in [0.25, 0.3) is 0 Å². The van der Waals surface area contributed by atoms with Gasteiger partial charge in [-0.25, -0.2) is 0 Å². The summed E-state index contributed by atoms with van der Waals surface area (Å²) in [5.74, 6) is 0.159. The van der Waals surface area contributed by atoms with Gasteiger partial charge in [-0.15, -0.1) is 0 Å². The minimum Gasteiger partial charge on any atom is -0.336 e. The molecule has 3 nitrogen and oxygen atoms in total. The SMILES string of the molecule is O=C(c1cc(I)ccc1Br)N1CCN(C2CCCC2)CC1. The number of carbonyl (C=O) groups excluding carboxylic acids is 1. The van der Waals surface area contributed by atoms with Crippen molar-refractivity contribution in [1.82, 2.24) is 9.80 Å². The van der Waals surface area contributed by atoms with E-state index in [1.54, 1.807) is 0 Å². The normalized spacial score (nSPS) is 21.0. The van der Waals surface area contributed by atoms with Gasteiger partial charge >= 0.3 is 0 Å². The molecule has 1 saturated heterocycles. The number of benzene rings is 1. The summed E-state index contributed by atoms with van der Waals surface area (Å²) in [5.41, 5.74) is 0.788. The number of rotatable bonds is 2. The Labute approximate surface area is 148 Å². The van der Waals surface area contributed by atoms with Crippen molar-refractivity contribution in [3.05, 3.63) is 31.8 Å². The molecule has 2 fully saturated rings. The quantitative estimate of drug-likeness (QED) is 0.625. The van der Waals surface area contributed by atoms with Gasteiger partial charge < -0.3 is 4.90 Å². The molecule has 1 aliphatic heterocycles. The Morgan fingerprint density at radius 1 is 1.14 bits per heavy atom. The van der Waals surface area contributed by atoms with Crippen LogP contribution in [0.15, 0.2) is 22.7 Å². The second kappa shape index (κ2) is 6.96. The molecule has 114 valence electrons. The largest absolute Gasteiger partial charge is 0.336 e. The van der Waals surface area contributed by atoms with E-state index < -0.39 is 0 Å². The first-order valence-corrected chi connectivity index (χ1v) is 9.51. The van der Waals surface area contributed by atoms with E-state index >= 15 is 0 Å². The maximum atomic E-state index is 12.7. The van der Waals surface area contributed by atoms with Gasteiger partial charge in [-0.2, -0.15) is 0 Å². The van der Waals surface area contributed by atoms with Crippen molar-refractivity contribution < 1.29 is 4.79 Å². The van der Waals surface area contributed by atoms with Crippen molar-refractivity contribution in [2.24, 2.45) is 0 Å². The summed E-state index contributed by atoms with van der Waals surface area (Å²) in [5, 5.41) is 0. The zero-order valence-electron chi connectivity index (χ0n) is 12.0. The van der Waals surface area contributed by atoms with Crippen molar-refractivity contribution in [2.75, 3.05) is 26.2 Å². The molecule has 1 aliphatic carbocycles. The van der Waals surface area contributed by atoms with E-state index in [0.717, 1.165) is 45.8 Å². The topological polar surface area (TPSA) is 23.6 Å². The Hall–Kier alpha value is -0.140. The second-order valence-corrected chi connectivity index (χ2v) is 7.99. The molecule has 1 amide bonds. The Balaban J connectivity index is 1.63. The molecule has 1 saturated carbocycles. The number of hydrogen-bond donors (Lipinski definition) is 0. The van der Waals surface area contributed by atoms with Crippen molar-refractivity contribution in [3.63, 3.8) is 0 Å². The zero-order chi connectivity index (χ0) is 14.8. The number of carbonyl (C=O) groups is 1. The summed E-state index contributed by atoms with van der Waals surface area (Å²) in [6.07, 6.45) is 5.44. The van der Waals surface area contributed by atoms with E-state index in [4.69, 9.17) is 0 Å². The van der Waals surface area contributed by atoms with Gasteiger partial charge in [-0.3, -0.25) is 9.69 Å². The standard InChI is InChI=1S/C16H20BrIN2O/c17-15-6-5-12(18)11-14(15)16(21)20-9-7-19(8-10-20)13-3-1-2-4-13/h5-6,11,13H,1-4,7-10H2. The highest BCUT2D eigenvalue weighted by Crippen LogP contribution is 2.25. The molecule has 5 heteroatoms. The van der Waals surface area contributed by atoms with Crippen LogP contribution in [0.3, 0.4) is 0 Å². The highest BCUT2D eigenvalue weighted by molar-refractivity contribution is 14.1. The molecule has 0 unspecified atom stereocenters. The minimum absolute atomic E-state index is 0.159. The van der Waals surface area contributed by atoms with Gasteiger partial charge in [0.2, 0.25) is 0 Å². The fourth-order valence-corrected chi connectivity index (χ4v) is 4.30. The van der Waals surface area contributed by atoms with Crippen LogP contribution in [0.4, 0.5) is 0 Å². The Kier molecular flexibility index (Phi) is 5.22.